The fourth-order valence-electron chi connectivity index (χ4n) is 2.74. The molecule has 0 bridgehead atoms. The zero-order valence-corrected chi connectivity index (χ0v) is 20.0. The van der Waals surface area contributed by atoms with Crippen LogP contribution in [0.5, 0.6) is 17.2 Å². The van der Waals surface area contributed by atoms with Gasteiger partial charge in [-0.3, -0.25) is 9.59 Å². The molecule has 0 fully saturated rings. The monoisotopic (exact) mass is 515 g/mol. The van der Waals surface area contributed by atoms with Gasteiger partial charge in [-0.25, -0.2) is 10.2 Å². The minimum absolute atomic E-state index is 0.138. The van der Waals surface area contributed by atoms with Crippen LogP contribution in [-0.4, -0.2) is 38.2 Å². The van der Waals surface area contributed by atoms with Gasteiger partial charge >= 0.3 is 17.8 Å². The fraction of sp³-hybridized carbons (Fsp3) is 0.0833. The minimum Gasteiger partial charge on any atom is -0.497 e. The first-order valence-electron chi connectivity index (χ1n) is 9.94. The molecule has 2 N–H and O–H groups in total. The molecule has 3 aromatic carbocycles. The Labute approximate surface area is 210 Å². The van der Waals surface area contributed by atoms with E-state index in [1.54, 1.807) is 30.3 Å². The van der Waals surface area contributed by atoms with Crippen molar-refractivity contribution in [3.8, 4) is 17.2 Å². The molecule has 0 radical (unpaired) electrons. The predicted octanol–water partition coefficient (Wildman–Crippen LogP) is 4.32. The molecule has 0 aliphatic rings. The second-order valence-electron chi connectivity index (χ2n) is 6.81. The third-order valence-corrected chi connectivity index (χ3v) is 5.02. The van der Waals surface area contributed by atoms with Crippen LogP contribution in [0.4, 0.5) is 5.69 Å². The number of hydrogen-bond acceptors (Lipinski definition) is 7. The molecule has 0 saturated heterocycles. The number of hydrazone groups is 1. The van der Waals surface area contributed by atoms with Crippen molar-refractivity contribution < 1.29 is 28.6 Å². The number of ether oxygens (including phenoxy) is 3. The molecule has 2 amide bonds. The van der Waals surface area contributed by atoms with Crippen LogP contribution in [0.3, 0.4) is 0 Å². The summed E-state index contributed by atoms with van der Waals surface area (Å²) in [4.78, 5) is 36.4. The first kappa shape index (κ1) is 25.5. The molecule has 0 heterocycles. The average molecular weight is 516 g/mol. The van der Waals surface area contributed by atoms with E-state index in [4.69, 9.17) is 37.4 Å². The number of carbonyl (C=O) groups is 3. The molecule has 0 atom stereocenters. The molecule has 0 spiro atoms. The van der Waals surface area contributed by atoms with E-state index >= 15 is 0 Å². The summed E-state index contributed by atoms with van der Waals surface area (Å²) < 4.78 is 15.7. The van der Waals surface area contributed by atoms with Gasteiger partial charge in [0.05, 0.1) is 31.0 Å². The molecular weight excluding hydrogens is 497 g/mol. The summed E-state index contributed by atoms with van der Waals surface area (Å²) in [5.41, 5.74) is 3.19. The van der Waals surface area contributed by atoms with Crippen molar-refractivity contribution in [1.29, 1.82) is 0 Å². The second kappa shape index (κ2) is 11.9. The van der Waals surface area contributed by atoms with Crippen LogP contribution in [0.2, 0.25) is 10.0 Å². The number of carbonyl (C=O) groups excluding carboxylic acids is 3. The van der Waals surface area contributed by atoms with E-state index in [9.17, 15) is 14.4 Å². The van der Waals surface area contributed by atoms with Crippen molar-refractivity contribution in [2.75, 3.05) is 19.5 Å². The van der Waals surface area contributed by atoms with Crippen LogP contribution in [-0.2, 0) is 9.59 Å². The molecule has 0 aliphatic carbocycles. The van der Waals surface area contributed by atoms with Gasteiger partial charge in [0.25, 0.3) is 0 Å². The van der Waals surface area contributed by atoms with E-state index < -0.39 is 17.8 Å². The lowest BCUT2D eigenvalue weighted by Gasteiger charge is -2.10. The number of halogens is 2. The number of anilines is 1. The van der Waals surface area contributed by atoms with E-state index in [-0.39, 0.29) is 22.1 Å². The summed E-state index contributed by atoms with van der Waals surface area (Å²) >= 11 is 11.9. The Morgan fingerprint density at radius 1 is 0.857 bits per heavy atom. The molecule has 11 heteroatoms. The minimum atomic E-state index is -0.963. The highest BCUT2D eigenvalue weighted by molar-refractivity contribution is 6.39. The van der Waals surface area contributed by atoms with Crippen LogP contribution in [0, 0.1) is 0 Å². The maximum Gasteiger partial charge on any atom is 0.345 e. The Morgan fingerprint density at radius 3 is 2.26 bits per heavy atom. The molecule has 0 aromatic heterocycles. The first-order valence-corrected chi connectivity index (χ1v) is 10.7. The zero-order chi connectivity index (χ0) is 25.4. The van der Waals surface area contributed by atoms with Gasteiger partial charge in [-0.15, -0.1) is 0 Å². The number of rotatable bonds is 7. The number of benzene rings is 3. The molecule has 3 rings (SSSR count). The van der Waals surface area contributed by atoms with E-state index in [2.05, 4.69) is 15.8 Å². The van der Waals surface area contributed by atoms with Gasteiger partial charge in [-0.1, -0.05) is 23.2 Å². The second-order valence-corrected chi connectivity index (χ2v) is 7.65. The molecule has 35 heavy (non-hydrogen) atoms. The van der Waals surface area contributed by atoms with Crippen LogP contribution in [0.25, 0.3) is 0 Å². The highest BCUT2D eigenvalue weighted by Crippen LogP contribution is 2.30. The van der Waals surface area contributed by atoms with Crippen molar-refractivity contribution in [2.24, 2.45) is 5.10 Å². The first-order chi connectivity index (χ1) is 16.8. The van der Waals surface area contributed by atoms with E-state index in [1.807, 2.05) is 0 Å². The maximum absolute atomic E-state index is 12.4. The molecule has 0 aliphatic heterocycles. The van der Waals surface area contributed by atoms with Gasteiger partial charge in [-0.2, -0.15) is 5.10 Å². The Morgan fingerprint density at radius 2 is 1.60 bits per heavy atom. The summed E-state index contributed by atoms with van der Waals surface area (Å²) in [5.74, 6) is -1.56. The number of esters is 1. The number of hydrogen-bond donors (Lipinski definition) is 2. The van der Waals surface area contributed by atoms with Gasteiger partial charge < -0.3 is 19.5 Å². The average Bonchev–Trinajstić information content (AvgIpc) is 2.85. The Kier molecular flexibility index (Phi) is 8.66. The summed E-state index contributed by atoms with van der Waals surface area (Å²) in [6.45, 7) is 0. The molecule has 3 aromatic rings. The predicted molar refractivity (Wildman–Crippen MR) is 132 cm³/mol. The van der Waals surface area contributed by atoms with Gasteiger partial charge in [-0.05, 0) is 66.2 Å². The van der Waals surface area contributed by atoms with Gasteiger partial charge in [0, 0.05) is 10.7 Å². The van der Waals surface area contributed by atoms with Crippen molar-refractivity contribution in [1.82, 2.24) is 5.43 Å². The van der Waals surface area contributed by atoms with Crippen LogP contribution < -0.4 is 25.0 Å². The molecule has 0 unspecified atom stereocenters. The molecule has 180 valence electrons. The third-order valence-electron chi connectivity index (χ3n) is 4.48. The summed E-state index contributed by atoms with van der Waals surface area (Å²) in [7, 11) is 2.92. The number of nitrogens with one attached hydrogen (secondary N) is 2. The number of amides is 2. The van der Waals surface area contributed by atoms with Gasteiger partial charge in [0.1, 0.15) is 5.75 Å². The number of methoxy groups -OCH3 is 2. The Balaban J connectivity index is 1.60. The highest BCUT2D eigenvalue weighted by Gasteiger charge is 2.16. The molecular formula is C24H19Cl2N3O6. The summed E-state index contributed by atoms with van der Waals surface area (Å²) in [6, 6.07) is 15.5. The Bertz CT molecular complexity index is 1280. The third kappa shape index (κ3) is 6.95. The van der Waals surface area contributed by atoms with Crippen LogP contribution in [0.1, 0.15) is 15.9 Å². The highest BCUT2D eigenvalue weighted by atomic mass is 35.5. The van der Waals surface area contributed by atoms with Crippen molar-refractivity contribution in [3.05, 3.63) is 81.8 Å². The topological polar surface area (TPSA) is 115 Å². The zero-order valence-electron chi connectivity index (χ0n) is 18.5. The lowest BCUT2D eigenvalue weighted by atomic mass is 10.2. The largest absolute Gasteiger partial charge is 0.497 e. The van der Waals surface area contributed by atoms with Gasteiger partial charge in [0.2, 0.25) is 0 Å². The molecule has 9 nitrogen and oxygen atoms in total. The van der Waals surface area contributed by atoms with Crippen molar-refractivity contribution >= 4 is 52.9 Å². The van der Waals surface area contributed by atoms with Gasteiger partial charge in [0.15, 0.2) is 11.5 Å². The lowest BCUT2D eigenvalue weighted by Crippen LogP contribution is -2.32. The smallest absolute Gasteiger partial charge is 0.345 e. The van der Waals surface area contributed by atoms with Crippen molar-refractivity contribution in [3.63, 3.8) is 0 Å². The van der Waals surface area contributed by atoms with E-state index in [1.165, 1.54) is 50.8 Å². The van der Waals surface area contributed by atoms with Crippen LogP contribution >= 0.6 is 23.2 Å². The number of nitrogens with zero attached hydrogens (tertiary/aromatic N) is 1. The summed E-state index contributed by atoms with van der Waals surface area (Å²) in [5, 5.41) is 6.74. The Hall–Kier alpha value is -4.08. The summed E-state index contributed by atoms with van der Waals surface area (Å²) in [6.07, 6.45) is 1.29. The SMILES string of the molecule is COc1ccc(NC(=O)C(=O)N/N=C/c2ccc(OC(=O)c3ccc(Cl)cc3Cl)c(OC)c2)cc1. The molecule has 0 saturated carbocycles. The van der Waals surface area contributed by atoms with Crippen LogP contribution in [0.15, 0.2) is 65.8 Å². The quantitative estimate of drug-likeness (QED) is 0.159. The standard InChI is InChI=1S/C24H19Cl2N3O6/c1-33-17-7-5-16(6-8-17)28-22(30)23(31)29-27-13-14-3-10-20(21(11-14)34-2)35-24(32)18-9-4-15(25)12-19(18)26/h3-13H,1-2H3,(H,28,30)(H,29,31)/b27-13+. The van der Waals surface area contributed by atoms with Crippen molar-refractivity contribution in [2.45, 2.75) is 0 Å². The lowest BCUT2D eigenvalue weighted by molar-refractivity contribution is -0.136. The van der Waals surface area contributed by atoms with E-state index in [0.717, 1.165) is 0 Å². The maximum atomic E-state index is 12.4. The normalized spacial score (nSPS) is 10.5. The van der Waals surface area contributed by atoms with E-state index in [0.29, 0.717) is 22.0 Å². The fourth-order valence-corrected chi connectivity index (χ4v) is 3.22.